The van der Waals surface area contributed by atoms with Crippen molar-refractivity contribution in [1.29, 1.82) is 0 Å². The van der Waals surface area contributed by atoms with Gasteiger partial charge in [0.25, 0.3) is 5.91 Å². The van der Waals surface area contributed by atoms with Gasteiger partial charge in [0.1, 0.15) is 5.75 Å². The molecule has 0 saturated carbocycles. The highest BCUT2D eigenvalue weighted by atomic mass is 16.5. The van der Waals surface area contributed by atoms with Crippen LogP contribution in [0.15, 0.2) is 42.5 Å². The SMILES string of the molecule is COc1ccc(C)cc1C(=O)N1CCN(C(=O)Cc2ccccc2C)CC1. The first kappa shape index (κ1) is 19.0. The maximum absolute atomic E-state index is 12.9. The Labute approximate surface area is 160 Å². The monoisotopic (exact) mass is 366 g/mol. The van der Waals surface area contributed by atoms with Crippen molar-refractivity contribution in [2.75, 3.05) is 33.3 Å². The molecule has 5 nitrogen and oxygen atoms in total. The average Bonchev–Trinajstić information content (AvgIpc) is 2.69. The summed E-state index contributed by atoms with van der Waals surface area (Å²) in [7, 11) is 1.57. The van der Waals surface area contributed by atoms with Gasteiger partial charge in [0, 0.05) is 26.2 Å². The summed E-state index contributed by atoms with van der Waals surface area (Å²) in [5.41, 5.74) is 3.79. The van der Waals surface area contributed by atoms with Crippen LogP contribution in [0.5, 0.6) is 5.75 Å². The molecule has 0 atom stereocenters. The minimum absolute atomic E-state index is 0.0402. The number of ether oxygens (including phenoxy) is 1. The van der Waals surface area contributed by atoms with Crippen LogP contribution in [0.2, 0.25) is 0 Å². The summed E-state index contributed by atoms with van der Waals surface area (Å²) >= 11 is 0. The normalized spacial score (nSPS) is 14.2. The van der Waals surface area contributed by atoms with Gasteiger partial charge in [-0.25, -0.2) is 0 Å². The Hall–Kier alpha value is -2.82. The summed E-state index contributed by atoms with van der Waals surface area (Å²) in [4.78, 5) is 29.2. The Kier molecular flexibility index (Phi) is 5.79. The number of benzene rings is 2. The summed E-state index contributed by atoms with van der Waals surface area (Å²) in [6.45, 7) is 6.17. The minimum Gasteiger partial charge on any atom is -0.496 e. The summed E-state index contributed by atoms with van der Waals surface area (Å²) in [6.07, 6.45) is 0.409. The first-order valence-corrected chi connectivity index (χ1v) is 9.26. The Balaban J connectivity index is 1.62. The fourth-order valence-corrected chi connectivity index (χ4v) is 3.40. The third-order valence-electron chi connectivity index (χ3n) is 5.11. The number of carbonyl (C=O) groups is 2. The van der Waals surface area contributed by atoms with Crippen LogP contribution < -0.4 is 4.74 Å². The molecule has 1 fully saturated rings. The Bertz CT molecular complexity index is 839. The van der Waals surface area contributed by atoms with Crippen molar-refractivity contribution in [3.63, 3.8) is 0 Å². The molecule has 1 aliphatic rings. The summed E-state index contributed by atoms with van der Waals surface area (Å²) < 4.78 is 5.34. The molecule has 5 heteroatoms. The van der Waals surface area contributed by atoms with Crippen molar-refractivity contribution in [1.82, 2.24) is 9.80 Å². The number of rotatable bonds is 4. The first-order valence-electron chi connectivity index (χ1n) is 9.26. The smallest absolute Gasteiger partial charge is 0.257 e. The van der Waals surface area contributed by atoms with E-state index >= 15 is 0 Å². The largest absolute Gasteiger partial charge is 0.496 e. The van der Waals surface area contributed by atoms with E-state index in [1.54, 1.807) is 12.0 Å². The van der Waals surface area contributed by atoms with Gasteiger partial charge in [-0.3, -0.25) is 9.59 Å². The van der Waals surface area contributed by atoms with E-state index in [0.29, 0.717) is 43.9 Å². The summed E-state index contributed by atoms with van der Waals surface area (Å²) in [6, 6.07) is 13.6. The predicted octanol–water partition coefficient (Wildman–Crippen LogP) is 2.84. The molecule has 27 heavy (non-hydrogen) atoms. The van der Waals surface area contributed by atoms with E-state index in [-0.39, 0.29) is 11.8 Å². The highest BCUT2D eigenvalue weighted by molar-refractivity contribution is 5.97. The number of piperazine rings is 1. The minimum atomic E-state index is -0.0402. The molecule has 3 rings (SSSR count). The van der Waals surface area contributed by atoms with Gasteiger partial charge >= 0.3 is 0 Å². The molecule has 0 unspecified atom stereocenters. The molecule has 0 radical (unpaired) electrons. The van der Waals surface area contributed by atoms with Crippen LogP contribution in [0.1, 0.15) is 27.0 Å². The first-order chi connectivity index (χ1) is 13.0. The lowest BCUT2D eigenvalue weighted by Crippen LogP contribution is -2.51. The second-order valence-corrected chi connectivity index (χ2v) is 6.98. The van der Waals surface area contributed by atoms with Gasteiger partial charge in [0.05, 0.1) is 19.1 Å². The van der Waals surface area contributed by atoms with Crippen molar-refractivity contribution in [3.8, 4) is 5.75 Å². The number of nitrogens with zero attached hydrogens (tertiary/aromatic N) is 2. The standard InChI is InChI=1S/C22H26N2O3/c1-16-8-9-20(27-3)19(14-16)22(26)24-12-10-23(11-13-24)21(25)15-18-7-5-4-6-17(18)2/h4-9,14H,10-13,15H2,1-3H3. The van der Waals surface area contributed by atoms with Crippen LogP contribution >= 0.6 is 0 Å². The van der Waals surface area contributed by atoms with Gasteiger partial charge in [-0.15, -0.1) is 0 Å². The topological polar surface area (TPSA) is 49.9 Å². The third-order valence-corrected chi connectivity index (χ3v) is 5.11. The zero-order chi connectivity index (χ0) is 19.4. The molecule has 0 N–H and O–H groups in total. The highest BCUT2D eigenvalue weighted by Crippen LogP contribution is 2.22. The maximum atomic E-state index is 12.9. The van der Waals surface area contributed by atoms with E-state index < -0.39 is 0 Å². The molecule has 0 bridgehead atoms. The second-order valence-electron chi connectivity index (χ2n) is 6.98. The lowest BCUT2D eigenvalue weighted by Gasteiger charge is -2.35. The summed E-state index contributed by atoms with van der Waals surface area (Å²) in [5, 5.41) is 0. The van der Waals surface area contributed by atoms with Crippen LogP contribution in [-0.2, 0) is 11.2 Å². The Morgan fingerprint density at radius 3 is 2.30 bits per heavy atom. The van der Waals surface area contributed by atoms with E-state index in [9.17, 15) is 9.59 Å². The van der Waals surface area contributed by atoms with Crippen molar-refractivity contribution >= 4 is 11.8 Å². The molecule has 2 aromatic carbocycles. The molecule has 142 valence electrons. The van der Waals surface area contributed by atoms with E-state index in [1.807, 2.05) is 61.2 Å². The van der Waals surface area contributed by atoms with Gasteiger partial charge in [-0.2, -0.15) is 0 Å². The second kappa shape index (κ2) is 8.25. The Morgan fingerprint density at radius 1 is 0.963 bits per heavy atom. The third kappa shape index (κ3) is 4.30. The van der Waals surface area contributed by atoms with Gasteiger partial charge < -0.3 is 14.5 Å². The van der Waals surface area contributed by atoms with E-state index in [0.717, 1.165) is 16.7 Å². The fraction of sp³-hybridized carbons (Fsp3) is 0.364. The van der Waals surface area contributed by atoms with E-state index in [2.05, 4.69) is 0 Å². The quantitative estimate of drug-likeness (QED) is 0.836. The highest BCUT2D eigenvalue weighted by Gasteiger charge is 2.26. The lowest BCUT2D eigenvalue weighted by molar-refractivity contribution is -0.131. The van der Waals surface area contributed by atoms with Crippen LogP contribution in [0.4, 0.5) is 0 Å². The van der Waals surface area contributed by atoms with Crippen molar-refractivity contribution in [3.05, 3.63) is 64.7 Å². The van der Waals surface area contributed by atoms with E-state index in [4.69, 9.17) is 4.74 Å². The number of hydrogen-bond donors (Lipinski definition) is 0. The van der Waals surface area contributed by atoms with Crippen LogP contribution in [-0.4, -0.2) is 54.9 Å². The molecule has 0 spiro atoms. The molecule has 0 aliphatic carbocycles. The fourth-order valence-electron chi connectivity index (χ4n) is 3.40. The molecular weight excluding hydrogens is 340 g/mol. The Morgan fingerprint density at radius 2 is 1.63 bits per heavy atom. The molecule has 0 aromatic heterocycles. The average molecular weight is 366 g/mol. The molecule has 1 saturated heterocycles. The molecular formula is C22H26N2O3. The molecule has 1 heterocycles. The van der Waals surface area contributed by atoms with Crippen molar-refractivity contribution in [2.24, 2.45) is 0 Å². The number of hydrogen-bond acceptors (Lipinski definition) is 3. The predicted molar refractivity (Wildman–Crippen MR) is 105 cm³/mol. The van der Waals surface area contributed by atoms with Crippen molar-refractivity contribution < 1.29 is 14.3 Å². The number of methoxy groups -OCH3 is 1. The summed E-state index contributed by atoms with van der Waals surface area (Å²) in [5.74, 6) is 0.662. The van der Waals surface area contributed by atoms with Gasteiger partial charge in [0.2, 0.25) is 5.91 Å². The molecule has 1 aliphatic heterocycles. The molecule has 2 aromatic rings. The molecule has 2 amide bonds. The van der Waals surface area contributed by atoms with Gasteiger partial charge in [0.15, 0.2) is 0 Å². The van der Waals surface area contributed by atoms with Crippen molar-refractivity contribution in [2.45, 2.75) is 20.3 Å². The maximum Gasteiger partial charge on any atom is 0.257 e. The zero-order valence-electron chi connectivity index (χ0n) is 16.2. The van der Waals surface area contributed by atoms with E-state index in [1.165, 1.54) is 0 Å². The number of amides is 2. The van der Waals surface area contributed by atoms with Crippen LogP contribution in [0, 0.1) is 13.8 Å². The number of carbonyl (C=O) groups excluding carboxylic acids is 2. The van der Waals surface area contributed by atoms with Gasteiger partial charge in [-0.1, -0.05) is 35.9 Å². The lowest BCUT2D eigenvalue weighted by atomic mass is 10.0. The zero-order valence-corrected chi connectivity index (χ0v) is 16.2. The van der Waals surface area contributed by atoms with Gasteiger partial charge in [-0.05, 0) is 37.1 Å². The van der Waals surface area contributed by atoms with Crippen LogP contribution in [0.3, 0.4) is 0 Å². The number of aryl methyl sites for hydroxylation is 2. The van der Waals surface area contributed by atoms with Crippen LogP contribution in [0.25, 0.3) is 0 Å².